The summed E-state index contributed by atoms with van der Waals surface area (Å²) in [6.45, 7) is 0.147. The number of nitrogens with zero attached hydrogens (tertiary/aromatic N) is 2. The van der Waals surface area contributed by atoms with Gasteiger partial charge in [0.1, 0.15) is 11.6 Å². The molecule has 0 radical (unpaired) electrons. The molecule has 0 saturated heterocycles. The molecule has 21 heavy (non-hydrogen) atoms. The fourth-order valence-electron chi connectivity index (χ4n) is 1.65. The van der Waals surface area contributed by atoms with Gasteiger partial charge in [-0.3, -0.25) is 0 Å². The Morgan fingerprint density at radius 3 is 2.38 bits per heavy atom. The molecule has 0 fully saturated rings. The second-order valence-corrected chi connectivity index (χ2v) is 6.00. The number of aromatic nitrogens is 2. The first-order valence-electron chi connectivity index (χ1n) is 6.13. The molecule has 0 unspecified atom stereocenters. The van der Waals surface area contributed by atoms with Crippen LogP contribution in [0.4, 0.5) is 11.6 Å². The van der Waals surface area contributed by atoms with Crippen LogP contribution in [0, 0.1) is 0 Å². The van der Waals surface area contributed by atoms with Gasteiger partial charge in [-0.25, -0.2) is 29.4 Å². The zero-order valence-corrected chi connectivity index (χ0v) is 12.0. The van der Waals surface area contributed by atoms with Crippen molar-refractivity contribution in [1.82, 2.24) is 9.97 Å². The molecule has 0 saturated carbocycles. The van der Waals surface area contributed by atoms with Crippen LogP contribution in [0.2, 0.25) is 0 Å². The van der Waals surface area contributed by atoms with Crippen molar-refractivity contribution in [3.8, 4) is 11.4 Å². The van der Waals surface area contributed by atoms with E-state index in [0.717, 1.165) is 5.56 Å². The second kappa shape index (κ2) is 6.48. The summed E-state index contributed by atoms with van der Waals surface area (Å²) in [7, 11) is -3.52. The summed E-state index contributed by atoms with van der Waals surface area (Å²) in [5.41, 5.74) is 3.27. The van der Waals surface area contributed by atoms with E-state index in [1.807, 2.05) is 30.3 Å². The highest BCUT2D eigenvalue weighted by atomic mass is 32.2. The van der Waals surface area contributed by atoms with Gasteiger partial charge in [0, 0.05) is 18.2 Å². The highest BCUT2D eigenvalue weighted by Gasteiger charge is 2.07. The number of nitrogens with two attached hydrogens (primary N) is 2. The van der Waals surface area contributed by atoms with E-state index in [1.54, 1.807) is 6.07 Å². The fourth-order valence-corrected chi connectivity index (χ4v) is 2.04. The Kier molecular flexibility index (Phi) is 4.68. The number of anilines is 2. The molecular formula is C12H16N6O2S. The zero-order valence-electron chi connectivity index (χ0n) is 11.2. The monoisotopic (exact) mass is 308 g/mol. The average molecular weight is 308 g/mol. The Labute approximate surface area is 122 Å². The van der Waals surface area contributed by atoms with Gasteiger partial charge in [-0.05, 0) is 0 Å². The maximum atomic E-state index is 10.9. The molecule has 6 N–H and O–H groups in total. The maximum Gasteiger partial charge on any atom is 0.210 e. The molecule has 9 heteroatoms. The topological polar surface area (TPSA) is 136 Å². The van der Waals surface area contributed by atoms with Crippen LogP contribution in [0.15, 0.2) is 36.4 Å². The first-order valence-corrected chi connectivity index (χ1v) is 7.85. The SMILES string of the molecule is NNc1cc(NCCS(N)(=O)=O)nc(-c2ccccc2)n1. The van der Waals surface area contributed by atoms with Gasteiger partial charge < -0.3 is 10.7 Å². The van der Waals surface area contributed by atoms with E-state index in [0.29, 0.717) is 17.5 Å². The van der Waals surface area contributed by atoms with E-state index in [2.05, 4.69) is 20.7 Å². The van der Waals surface area contributed by atoms with Gasteiger partial charge in [-0.2, -0.15) is 0 Å². The molecular weight excluding hydrogens is 292 g/mol. The lowest BCUT2D eigenvalue weighted by Gasteiger charge is -2.09. The van der Waals surface area contributed by atoms with Crippen molar-refractivity contribution < 1.29 is 8.42 Å². The first-order chi connectivity index (χ1) is 9.98. The molecule has 1 aromatic carbocycles. The van der Waals surface area contributed by atoms with Crippen LogP contribution in [0.3, 0.4) is 0 Å². The summed E-state index contributed by atoms with van der Waals surface area (Å²) >= 11 is 0. The zero-order chi connectivity index (χ0) is 15.3. The summed E-state index contributed by atoms with van der Waals surface area (Å²) in [6, 6.07) is 10.9. The van der Waals surface area contributed by atoms with Gasteiger partial charge in [0.05, 0.1) is 5.75 Å². The summed E-state index contributed by atoms with van der Waals surface area (Å²) in [4.78, 5) is 8.57. The van der Waals surface area contributed by atoms with Crippen molar-refractivity contribution in [1.29, 1.82) is 0 Å². The molecule has 0 spiro atoms. The number of nitrogens with one attached hydrogen (secondary N) is 2. The summed E-state index contributed by atoms with van der Waals surface area (Å²) in [5, 5.41) is 7.82. The van der Waals surface area contributed by atoms with E-state index in [9.17, 15) is 8.42 Å². The Morgan fingerprint density at radius 1 is 1.10 bits per heavy atom. The lowest BCUT2D eigenvalue weighted by atomic mass is 10.2. The van der Waals surface area contributed by atoms with Crippen molar-refractivity contribution in [3.05, 3.63) is 36.4 Å². The van der Waals surface area contributed by atoms with E-state index < -0.39 is 10.0 Å². The molecule has 0 aliphatic carbocycles. The van der Waals surface area contributed by atoms with E-state index >= 15 is 0 Å². The molecule has 0 aliphatic heterocycles. The average Bonchev–Trinajstić information content (AvgIpc) is 2.46. The predicted octanol–water partition coefficient (Wildman–Crippen LogP) is 0.130. The van der Waals surface area contributed by atoms with Crippen molar-refractivity contribution >= 4 is 21.7 Å². The molecule has 0 atom stereocenters. The van der Waals surface area contributed by atoms with Gasteiger partial charge in [0.25, 0.3) is 0 Å². The normalized spacial score (nSPS) is 11.1. The van der Waals surface area contributed by atoms with Crippen molar-refractivity contribution in [2.45, 2.75) is 0 Å². The summed E-state index contributed by atoms with van der Waals surface area (Å²) < 4.78 is 21.8. The number of benzene rings is 1. The van der Waals surface area contributed by atoms with Gasteiger partial charge in [0.2, 0.25) is 10.0 Å². The minimum absolute atomic E-state index is 0.147. The molecule has 0 aliphatic rings. The van der Waals surface area contributed by atoms with Crippen molar-refractivity contribution in [2.75, 3.05) is 23.0 Å². The van der Waals surface area contributed by atoms with E-state index in [-0.39, 0.29) is 12.3 Å². The summed E-state index contributed by atoms with van der Waals surface area (Å²) in [6.07, 6.45) is 0. The molecule has 2 aromatic rings. The molecule has 2 rings (SSSR count). The number of hydrogen-bond donors (Lipinski definition) is 4. The van der Waals surface area contributed by atoms with Gasteiger partial charge in [-0.1, -0.05) is 30.3 Å². The summed E-state index contributed by atoms with van der Waals surface area (Å²) in [5.74, 6) is 6.54. The van der Waals surface area contributed by atoms with Crippen LogP contribution >= 0.6 is 0 Å². The Balaban J connectivity index is 2.22. The lowest BCUT2D eigenvalue weighted by Crippen LogP contribution is -2.22. The molecule has 8 nitrogen and oxygen atoms in total. The van der Waals surface area contributed by atoms with Gasteiger partial charge >= 0.3 is 0 Å². The van der Waals surface area contributed by atoms with E-state index in [1.165, 1.54) is 0 Å². The third-order valence-electron chi connectivity index (χ3n) is 2.60. The molecule has 1 heterocycles. The van der Waals surface area contributed by atoms with Gasteiger partial charge in [0.15, 0.2) is 5.82 Å². The minimum atomic E-state index is -3.52. The fraction of sp³-hybridized carbons (Fsp3) is 0.167. The van der Waals surface area contributed by atoms with Crippen LogP contribution in [0.25, 0.3) is 11.4 Å². The third-order valence-corrected chi connectivity index (χ3v) is 3.37. The molecule has 1 aromatic heterocycles. The van der Waals surface area contributed by atoms with Gasteiger partial charge in [-0.15, -0.1) is 0 Å². The minimum Gasteiger partial charge on any atom is -0.369 e. The second-order valence-electron chi connectivity index (χ2n) is 4.27. The van der Waals surface area contributed by atoms with Crippen LogP contribution in [0.5, 0.6) is 0 Å². The number of primary sulfonamides is 1. The van der Waals surface area contributed by atoms with Crippen LogP contribution in [0.1, 0.15) is 0 Å². The largest absolute Gasteiger partial charge is 0.369 e. The molecule has 0 amide bonds. The van der Waals surface area contributed by atoms with Crippen LogP contribution in [-0.4, -0.2) is 30.7 Å². The lowest BCUT2D eigenvalue weighted by molar-refractivity contribution is 0.598. The number of rotatable bonds is 6. The highest BCUT2D eigenvalue weighted by molar-refractivity contribution is 7.89. The smallest absolute Gasteiger partial charge is 0.210 e. The van der Waals surface area contributed by atoms with Crippen LogP contribution < -0.4 is 21.7 Å². The number of hydrogen-bond acceptors (Lipinski definition) is 7. The van der Waals surface area contributed by atoms with E-state index in [4.69, 9.17) is 11.0 Å². The Hall–Kier alpha value is -2.23. The Morgan fingerprint density at radius 2 is 1.76 bits per heavy atom. The van der Waals surface area contributed by atoms with Crippen molar-refractivity contribution in [3.63, 3.8) is 0 Å². The predicted molar refractivity (Wildman–Crippen MR) is 81.7 cm³/mol. The number of sulfonamides is 1. The van der Waals surface area contributed by atoms with Crippen LogP contribution in [-0.2, 0) is 10.0 Å². The molecule has 112 valence electrons. The standard InChI is InChI=1S/C12H16N6O2S/c13-18-11-8-10(15-6-7-21(14,19)20)16-12(17-11)9-4-2-1-3-5-9/h1-5,8H,6-7,13H2,(H2,14,19,20)(H2,15,16,17,18). The quantitative estimate of drug-likeness (QED) is 0.440. The maximum absolute atomic E-state index is 10.9. The Bertz CT molecular complexity index is 705. The number of hydrazine groups is 1. The third kappa shape index (κ3) is 4.67. The first kappa shape index (κ1) is 15.2. The van der Waals surface area contributed by atoms with Crippen molar-refractivity contribution in [2.24, 2.45) is 11.0 Å². The number of nitrogen functional groups attached to an aromatic ring is 1. The highest BCUT2D eigenvalue weighted by Crippen LogP contribution is 2.19. The molecule has 0 bridgehead atoms.